The Balaban J connectivity index is 5.03. The van der Waals surface area contributed by atoms with Crippen LogP contribution >= 0.6 is 0 Å². The molecular weight excluding hydrogens is 1010 g/mol. The molecule has 21 heteroatoms. The van der Waals surface area contributed by atoms with Crippen molar-refractivity contribution in [3.05, 3.63) is 0 Å². The van der Waals surface area contributed by atoms with Gasteiger partial charge in [0, 0.05) is 32.4 Å². The number of nitrogens with one attached hydrogen (secondary N) is 7. The number of nitrogens with two attached hydrogens (primary N) is 1. The van der Waals surface area contributed by atoms with E-state index in [1.165, 1.54) is 38.5 Å². The molecule has 0 aliphatic carbocycles. The van der Waals surface area contributed by atoms with Crippen molar-refractivity contribution in [2.75, 3.05) is 45.8 Å². The topological polar surface area (TPSA) is 385 Å². The fraction of sp³-hybridized carbons (Fsp3) is 0.862. The molecule has 5 atom stereocenters. The maximum absolute atomic E-state index is 13.7. The molecule has 0 aromatic heterocycles. The minimum atomic E-state index is -0.780. The zero-order chi connectivity index (χ0) is 58.6. The fourth-order valence-electron chi connectivity index (χ4n) is 9.48. The van der Waals surface area contributed by atoms with E-state index in [1.54, 1.807) is 0 Å². The van der Waals surface area contributed by atoms with E-state index in [-0.39, 0.29) is 47.8 Å². The first-order valence-corrected chi connectivity index (χ1v) is 31.6. The highest BCUT2D eigenvalue weighted by atomic mass is 16.2. The standard InChI is InChI=1S/C58H115N13O8/c1-2-3-4-5-6-7-8-11-16-37-52(73)68-49(34-22-27-42-62)57(78)70-47(32-20-25-40-60)56(77)66-45-30-15-10-13-18-38-53(74)69-50(35-23-28-43-63)58(79)71-48(33-21-26-41-61)55(76)65-44-29-14-9-12-17-36-51(72)67-46(54(64)75)31-19-24-39-59/h46-50H,2-45,59-63H2,1H3,(H2,64,75)(H,65,76)(H,66,77)(H,67,72)(H,68,73)(H,69,74)(H,70,78)(H,71,79)/p+5. The second kappa shape index (κ2) is 52.9. The first-order chi connectivity index (χ1) is 38.3. The SMILES string of the molecule is CCCCCCCCCCCC(=O)NC(CCCC[NH3+])C(=O)NC(CCCC[NH3+])C(=O)NCCCCCCCC(=O)NC(CCCC[NH3+])C(=O)NC(CCCC[NH3+])C(=O)NCCCCCCCC(=O)NC(CCCC[NH3+])C(N)=O. The highest BCUT2D eigenvalue weighted by Gasteiger charge is 2.28. The van der Waals surface area contributed by atoms with Crippen molar-refractivity contribution in [3.63, 3.8) is 0 Å². The molecule has 0 aromatic carbocycles. The molecule has 79 heavy (non-hydrogen) atoms. The number of carbonyl (C=O) groups is 8. The van der Waals surface area contributed by atoms with Crippen LogP contribution in [0.1, 0.15) is 244 Å². The summed E-state index contributed by atoms with van der Waals surface area (Å²) in [4.78, 5) is 105. The summed E-state index contributed by atoms with van der Waals surface area (Å²) in [6.45, 7) is 6.79. The average Bonchev–Trinajstić information content (AvgIpc) is 3.42. The average molecular weight is 1130 g/mol. The zero-order valence-electron chi connectivity index (χ0n) is 49.9. The summed E-state index contributed by atoms with van der Waals surface area (Å²) in [6, 6.07) is -3.61. The van der Waals surface area contributed by atoms with Crippen molar-refractivity contribution < 1.29 is 67.0 Å². The molecule has 0 aromatic rings. The summed E-state index contributed by atoms with van der Waals surface area (Å²) in [5, 5.41) is 20.6. The van der Waals surface area contributed by atoms with Gasteiger partial charge in [-0.25, -0.2) is 0 Å². The molecular formula is C58H120N13O8+5. The van der Waals surface area contributed by atoms with Crippen LogP contribution in [-0.2, 0) is 38.4 Å². The quantitative estimate of drug-likeness (QED) is 0.0385. The van der Waals surface area contributed by atoms with E-state index in [0.29, 0.717) is 96.8 Å². The molecule has 5 unspecified atom stereocenters. The zero-order valence-corrected chi connectivity index (χ0v) is 49.9. The van der Waals surface area contributed by atoms with Gasteiger partial charge in [-0.3, -0.25) is 38.4 Å². The van der Waals surface area contributed by atoms with E-state index >= 15 is 0 Å². The van der Waals surface area contributed by atoms with Crippen LogP contribution in [0.4, 0.5) is 0 Å². The largest absolute Gasteiger partial charge is 0.368 e. The lowest BCUT2D eigenvalue weighted by Crippen LogP contribution is -2.54. The maximum atomic E-state index is 13.7. The molecule has 21 nitrogen and oxygen atoms in total. The van der Waals surface area contributed by atoms with Gasteiger partial charge < -0.3 is 71.6 Å². The lowest BCUT2D eigenvalue weighted by Gasteiger charge is -2.23. The van der Waals surface area contributed by atoms with Crippen LogP contribution in [0, 0.1) is 0 Å². The molecule has 24 N–H and O–H groups in total. The Morgan fingerprint density at radius 2 is 0.557 bits per heavy atom. The van der Waals surface area contributed by atoms with Crippen LogP contribution in [0.25, 0.3) is 0 Å². The third kappa shape index (κ3) is 43.0. The van der Waals surface area contributed by atoms with Crippen LogP contribution in [0.15, 0.2) is 0 Å². The lowest BCUT2D eigenvalue weighted by atomic mass is 10.0. The van der Waals surface area contributed by atoms with Gasteiger partial charge in [-0.05, 0) is 128 Å². The van der Waals surface area contributed by atoms with Gasteiger partial charge in [0.25, 0.3) is 0 Å². The number of hydrogen-bond acceptors (Lipinski definition) is 8. The molecule has 0 saturated heterocycles. The van der Waals surface area contributed by atoms with Gasteiger partial charge in [-0.15, -0.1) is 0 Å². The van der Waals surface area contributed by atoms with Gasteiger partial charge in [-0.1, -0.05) is 96.8 Å². The Morgan fingerprint density at radius 1 is 0.304 bits per heavy atom. The third-order valence-corrected chi connectivity index (χ3v) is 14.5. The number of quaternary nitrogens is 5. The van der Waals surface area contributed by atoms with Crippen LogP contribution in [0.3, 0.4) is 0 Å². The summed E-state index contributed by atoms with van der Waals surface area (Å²) in [5.74, 6) is -2.25. The first kappa shape index (κ1) is 74.6. The van der Waals surface area contributed by atoms with Gasteiger partial charge >= 0.3 is 0 Å². The molecule has 8 amide bonds. The van der Waals surface area contributed by atoms with Gasteiger partial charge in [0.05, 0.1) is 32.7 Å². The Morgan fingerprint density at radius 3 is 0.848 bits per heavy atom. The van der Waals surface area contributed by atoms with E-state index in [2.05, 4.69) is 72.8 Å². The monoisotopic (exact) mass is 1130 g/mol. The molecule has 0 saturated carbocycles. The number of primary amides is 1. The van der Waals surface area contributed by atoms with Crippen LogP contribution < -0.4 is 71.6 Å². The van der Waals surface area contributed by atoms with Crippen molar-refractivity contribution in [3.8, 4) is 0 Å². The number of hydrogen-bond donors (Lipinski definition) is 13. The summed E-state index contributed by atoms with van der Waals surface area (Å²) >= 11 is 0. The Kier molecular flexibility index (Phi) is 49.9. The van der Waals surface area contributed by atoms with Gasteiger partial charge in [0.1, 0.15) is 30.2 Å². The van der Waals surface area contributed by atoms with Crippen molar-refractivity contribution in [1.82, 2.24) is 37.2 Å². The fourth-order valence-corrected chi connectivity index (χ4v) is 9.48. The smallest absolute Gasteiger partial charge is 0.243 e. The van der Waals surface area contributed by atoms with Gasteiger partial charge in [0.15, 0.2) is 0 Å². The predicted octanol–water partition coefficient (Wildman–Crippen LogP) is 0.791. The second-order valence-electron chi connectivity index (χ2n) is 21.8. The van der Waals surface area contributed by atoms with Crippen LogP contribution in [0.5, 0.6) is 0 Å². The van der Waals surface area contributed by atoms with E-state index in [0.717, 1.165) is 142 Å². The second-order valence-corrected chi connectivity index (χ2v) is 21.8. The van der Waals surface area contributed by atoms with Crippen molar-refractivity contribution in [2.24, 2.45) is 5.73 Å². The first-order valence-electron chi connectivity index (χ1n) is 31.6. The number of amides is 8. The minimum absolute atomic E-state index is 0.128. The maximum Gasteiger partial charge on any atom is 0.243 e. The molecule has 0 radical (unpaired) electrons. The molecule has 0 aliphatic heterocycles. The molecule has 0 bridgehead atoms. The van der Waals surface area contributed by atoms with Gasteiger partial charge in [0.2, 0.25) is 47.3 Å². The normalized spacial score (nSPS) is 13.1. The minimum Gasteiger partial charge on any atom is -0.368 e. The van der Waals surface area contributed by atoms with Crippen molar-refractivity contribution in [2.45, 2.75) is 275 Å². The highest BCUT2D eigenvalue weighted by Crippen LogP contribution is 2.13. The van der Waals surface area contributed by atoms with E-state index < -0.39 is 36.1 Å². The summed E-state index contributed by atoms with van der Waals surface area (Å²) in [5.41, 5.74) is 25.0. The number of rotatable bonds is 56. The molecule has 0 heterocycles. The molecule has 0 aliphatic rings. The number of carbonyl (C=O) groups excluding carboxylic acids is 8. The highest BCUT2D eigenvalue weighted by molar-refractivity contribution is 5.93. The number of unbranched alkanes of at least 4 members (excludes halogenated alkanes) is 21. The van der Waals surface area contributed by atoms with E-state index in [9.17, 15) is 38.4 Å². The van der Waals surface area contributed by atoms with Gasteiger partial charge in [-0.2, -0.15) is 0 Å². The molecule has 0 rings (SSSR count). The molecule has 460 valence electrons. The Hall–Kier alpha value is -4.44. The van der Waals surface area contributed by atoms with Crippen molar-refractivity contribution >= 4 is 47.3 Å². The van der Waals surface area contributed by atoms with Crippen molar-refractivity contribution in [1.29, 1.82) is 0 Å². The third-order valence-electron chi connectivity index (χ3n) is 14.5. The lowest BCUT2D eigenvalue weighted by molar-refractivity contribution is -0.369. The van der Waals surface area contributed by atoms with E-state index in [1.807, 2.05) is 0 Å². The van der Waals surface area contributed by atoms with E-state index in [4.69, 9.17) is 5.73 Å². The summed E-state index contributed by atoms with van der Waals surface area (Å²) < 4.78 is 0. The molecule has 0 fully saturated rings. The van der Waals surface area contributed by atoms with Crippen LogP contribution in [-0.4, -0.2) is 123 Å². The summed E-state index contributed by atoms with van der Waals surface area (Å²) in [7, 11) is 0. The Labute approximate surface area is 476 Å². The molecule has 0 spiro atoms. The summed E-state index contributed by atoms with van der Waals surface area (Å²) in [6.07, 6.45) is 29.5. The Bertz CT molecular complexity index is 1610. The van der Waals surface area contributed by atoms with Crippen LogP contribution in [0.2, 0.25) is 0 Å². The predicted molar refractivity (Wildman–Crippen MR) is 310 cm³/mol.